The van der Waals surface area contributed by atoms with Crippen LogP contribution in [0.25, 0.3) is 0 Å². The monoisotopic (exact) mass is 416 g/mol. The predicted octanol–water partition coefficient (Wildman–Crippen LogP) is 2.55. The van der Waals surface area contributed by atoms with E-state index in [1.165, 1.54) is 44.9 Å². The minimum atomic E-state index is -4.11. The van der Waals surface area contributed by atoms with Crippen molar-refractivity contribution in [2.75, 3.05) is 0 Å². The van der Waals surface area contributed by atoms with Crippen molar-refractivity contribution in [3.05, 3.63) is 0 Å². The summed E-state index contributed by atoms with van der Waals surface area (Å²) in [6.45, 7) is 3.97. The third-order valence-electron chi connectivity index (χ3n) is 5.07. The average molecular weight is 417 g/mol. The van der Waals surface area contributed by atoms with E-state index in [2.05, 4.69) is 6.92 Å². The molecule has 0 heterocycles. The first kappa shape index (κ1) is 29.7. The zero-order chi connectivity index (χ0) is 19.0. The Bertz CT molecular complexity index is 387. The zero-order valence-corrected chi connectivity index (χ0v) is 21.5. The minimum absolute atomic E-state index is 0. The number of hydrogen-bond donors (Lipinski definition) is 1. The molecule has 152 valence electrons. The molecular formula is C20H41KO4S. The van der Waals surface area contributed by atoms with Crippen LogP contribution in [0.5, 0.6) is 0 Å². The van der Waals surface area contributed by atoms with Crippen LogP contribution < -0.4 is 51.4 Å². The van der Waals surface area contributed by atoms with E-state index in [4.69, 9.17) is 0 Å². The molecule has 0 saturated heterocycles. The summed E-state index contributed by atoms with van der Waals surface area (Å²) >= 11 is 0. The molecule has 4 nitrogen and oxygen atoms in total. The second kappa shape index (κ2) is 19.8. The molecule has 0 aromatic carbocycles. The molecule has 0 radical (unpaired) electrons. The summed E-state index contributed by atoms with van der Waals surface area (Å²) in [4.78, 5) is 0. The van der Waals surface area contributed by atoms with Gasteiger partial charge in [0.1, 0.15) is 0 Å². The van der Waals surface area contributed by atoms with Crippen LogP contribution in [-0.4, -0.2) is 29.4 Å². The smallest absolute Gasteiger partial charge is 0.748 e. The van der Waals surface area contributed by atoms with Gasteiger partial charge in [-0.3, -0.25) is 0 Å². The Hall–Kier alpha value is 1.51. The molecule has 0 amide bonds. The maximum Gasteiger partial charge on any atom is 1.00 e. The maximum absolute atomic E-state index is 11.0. The normalized spacial score (nSPS) is 14.0. The summed E-state index contributed by atoms with van der Waals surface area (Å²) in [5.74, 6) is 0. The zero-order valence-electron chi connectivity index (χ0n) is 17.5. The molecule has 26 heavy (non-hydrogen) atoms. The van der Waals surface area contributed by atoms with E-state index in [0.29, 0.717) is 12.8 Å². The first-order valence-corrected chi connectivity index (χ1v) is 12.0. The van der Waals surface area contributed by atoms with Crippen LogP contribution in [0.15, 0.2) is 0 Å². The number of aliphatic hydroxyl groups excluding tert-OH is 1. The van der Waals surface area contributed by atoms with Gasteiger partial charge < -0.3 is 9.66 Å². The summed E-state index contributed by atoms with van der Waals surface area (Å²) in [5, 5.41) is 9.21. The molecule has 0 bridgehead atoms. The molecule has 0 aliphatic heterocycles. The summed E-state index contributed by atoms with van der Waals surface area (Å²) in [6.07, 6.45) is 16.5. The predicted molar refractivity (Wildman–Crippen MR) is 105 cm³/mol. The molecule has 6 heteroatoms. The van der Waals surface area contributed by atoms with Gasteiger partial charge in [-0.2, -0.15) is 0 Å². The van der Waals surface area contributed by atoms with E-state index in [-0.39, 0.29) is 57.5 Å². The molecule has 0 aliphatic rings. The molecule has 0 aromatic rings. The third kappa shape index (κ3) is 18.9. The van der Waals surface area contributed by atoms with Crippen molar-refractivity contribution in [2.45, 2.75) is 128 Å². The second-order valence-corrected chi connectivity index (χ2v) is 9.08. The van der Waals surface area contributed by atoms with Crippen LogP contribution in [0.4, 0.5) is 0 Å². The van der Waals surface area contributed by atoms with Crippen LogP contribution in [-0.2, 0) is 10.1 Å². The first-order chi connectivity index (χ1) is 11.9. The Morgan fingerprint density at radius 2 is 1.12 bits per heavy atom. The molecule has 2 unspecified atom stereocenters. The van der Waals surface area contributed by atoms with Gasteiger partial charge >= 0.3 is 51.4 Å². The maximum atomic E-state index is 11.0. The van der Waals surface area contributed by atoms with Gasteiger partial charge in [0.25, 0.3) is 0 Å². The number of aliphatic hydroxyl groups is 1. The SMILES string of the molecule is CCCCCCC(O)CCCCCCCCCCC(CC)S(=O)(=O)[O-].[K+]. The Morgan fingerprint density at radius 3 is 1.50 bits per heavy atom. The Labute approximate surface area is 205 Å². The van der Waals surface area contributed by atoms with E-state index in [1.807, 2.05) is 0 Å². The Balaban J connectivity index is 0. The van der Waals surface area contributed by atoms with Crippen molar-refractivity contribution in [2.24, 2.45) is 0 Å². The Kier molecular flexibility index (Phi) is 22.6. The van der Waals surface area contributed by atoms with Gasteiger partial charge in [0.2, 0.25) is 0 Å². The van der Waals surface area contributed by atoms with Gasteiger partial charge in [0, 0.05) is 5.25 Å². The van der Waals surface area contributed by atoms with Crippen LogP contribution in [0.3, 0.4) is 0 Å². The van der Waals surface area contributed by atoms with E-state index >= 15 is 0 Å². The molecular weight excluding hydrogens is 375 g/mol. The molecule has 0 fully saturated rings. The van der Waals surface area contributed by atoms with E-state index in [0.717, 1.165) is 44.9 Å². The van der Waals surface area contributed by atoms with Crippen molar-refractivity contribution in [1.29, 1.82) is 0 Å². The van der Waals surface area contributed by atoms with Crippen LogP contribution in [0.1, 0.15) is 117 Å². The quantitative estimate of drug-likeness (QED) is 0.212. The van der Waals surface area contributed by atoms with Crippen molar-refractivity contribution in [1.82, 2.24) is 0 Å². The number of rotatable bonds is 18. The van der Waals surface area contributed by atoms with E-state index in [1.54, 1.807) is 6.92 Å². The van der Waals surface area contributed by atoms with Gasteiger partial charge in [0.15, 0.2) is 0 Å². The molecule has 0 aliphatic carbocycles. The number of hydrogen-bond acceptors (Lipinski definition) is 4. The molecule has 0 rings (SSSR count). The summed E-state index contributed by atoms with van der Waals surface area (Å²) < 4.78 is 33.0. The molecule has 0 spiro atoms. The summed E-state index contributed by atoms with van der Waals surface area (Å²) in [6, 6.07) is 0. The van der Waals surface area contributed by atoms with Crippen LogP contribution in [0.2, 0.25) is 0 Å². The van der Waals surface area contributed by atoms with E-state index < -0.39 is 15.4 Å². The molecule has 2 atom stereocenters. The molecule has 0 saturated carbocycles. The summed E-state index contributed by atoms with van der Waals surface area (Å²) in [7, 11) is -4.11. The minimum Gasteiger partial charge on any atom is -0.748 e. The van der Waals surface area contributed by atoms with Crippen molar-refractivity contribution < 1.29 is 69.5 Å². The van der Waals surface area contributed by atoms with E-state index in [9.17, 15) is 18.1 Å². The topological polar surface area (TPSA) is 77.4 Å². The van der Waals surface area contributed by atoms with Gasteiger partial charge in [-0.25, -0.2) is 8.42 Å². The van der Waals surface area contributed by atoms with Gasteiger partial charge in [-0.05, 0) is 25.7 Å². The number of unbranched alkanes of at least 4 members (excludes halogenated alkanes) is 10. The first-order valence-electron chi connectivity index (χ1n) is 10.5. The largest absolute Gasteiger partial charge is 1.00 e. The summed E-state index contributed by atoms with van der Waals surface area (Å²) in [5.41, 5.74) is 0. The third-order valence-corrected chi connectivity index (χ3v) is 6.45. The average Bonchev–Trinajstić information content (AvgIpc) is 2.55. The van der Waals surface area contributed by atoms with Crippen molar-refractivity contribution >= 4 is 10.1 Å². The van der Waals surface area contributed by atoms with Gasteiger partial charge in [-0.15, -0.1) is 0 Å². The van der Waals surface area contributed by atoms with Gasteiger partial charge in [0.05, 0.1) is 16.2 Å². The standard InChI is InChI=1S/C20H42O4S.K/c1-3-5-6-13-16-19(21)17-14-11-9-7-8-10-12-15-18-20(4-2)25(22,23)24;/h19-21H,3-18H2,1-2H3,(H,22,23,24);/q;+1/p-1. The fraction of sp³-hybridized carbons (Fsp3) is 1.00. The Morgan fingerprint density at radius 1 is 0.731 bits per heavy atom. The van der Waals surface area contributed by atoms with Crippen molar-refractivity contribution in [3.63, 3.8) is 0 Å². The fourth-order valence-electron chi connectivity index (χ4n) is 3.32. The molecule has 0 aromatic heterocycles. The van der Waals surface area contributed by atoms with Crippen molar-refractivity contribution in [3.8, 4) is 0 Å². The fourth-order valence-corrected chi connectivity index (χ4v) is 4.18. The molecule has 1 N–H and O–H groups in total. The van der Waals surface area contributed by atoms with Gasteiger partial charge in [-0.1, -0.05) is 90.9 Å². The van der Waals surface area contributed by atoms with Crippen LogP contribution in [0, 0.1) is 0 Å². The second-order valence-electron chi connectivity index (χ2n) is 7.43. The van der Waals surface area contributed by atoms with Crippen LogP contribution >= 0.6 is 0 Å².